The summed E-state index contributed by atoms with van der Waals surface area (Å²) in [7, 11) is 6.23. The average Bonchev–Trinajstić information content (AvgIpc) is 2.39. The van der Waals surface area contributed by atoms with Gasteiger partial charge < -0.3 is 4.90 Å². The van der Waals surface area contributed by atoms with Crippen molar-refractivity contribution in [1.29, 1.82) is 0 Å². The van der Waals surface area contributed by atoms with E-state index in [-0.39, 0.29) is 6.04 Å². The second kappa shape index (κ2) is 6.23. The van der Waals surface area contributed by atoms with Crippen molar-refractivity contribution in [2.75, 3.05) is 34.2 Å². The molecule has 0 aromatic rings. The van der Waals surface area contributed by atoms with Crippen molar-refractivity contribution in [3.05, 3.63) is 0 Å². The predicted octanol–water partition coefficient (Wildman–Crippen LogP) is 1.38. The first-order valence-electron chi connectivity index (χ1n) is 5.99. The summed E-state index contributed by atoms with van der Waals surface area (Å²) in [6.45, 7) is 2.02. The van der Waals surface area contributed by atoms with Crippen molar-refractivity contribution >= 4 is 5.78 Å². The highest BCUT2D eigenvalue weighted by Crippen LogP contribution is 2.18. The molecule has 3 nitrogen and oxygen atoms in total. The van der Waals surface area contributed by atoms with Gasteiger partial charge in [-0.15, -0.1) is 0 Å². The van der Waals surface area contributed by atoms with Crippen LogP contribution in [0.25, 0.3) is 0 Å². The Labute approximate surface area is 93.4 Å². The summed E-state index contributed by atoms with van der Waals surface area (Å²) < 4.78 is 0. The molecule has 0 aromatic carbocycles. The van der Waals surface area contributed by atoms with Crippen LogP contribution in [0.2, 0.25) is 0 Å². The number of carbonyl (C=O) groups is 1. The molecule has 1 unspecified atom stereocenters. The van der Waals surface area contributed by atoms with Crippen LogP contribution in [0.5, 0.6) is 0 Å². The first-order valence-corrected chi connectivity index (χ1v) is 5.99. The first kappa shape index (κ1) is 12.7. The third-order valence-electron chi connectivity index (χ3n) is 3.20. The lowest BCUT2D eigenvalue weighted by atomic mass is 10.1. The minimum Gasteiger partial charge on any atom is -0.308 e. The first-order chi connectivity index (χ1) is 7.11. The molecule has 88 valence electrons. The number of hydrogen-bond acceptors (Lipinski definition) is 3. The SMILES string of the molecule is CN(C)CCN(C)C1CCCCCC1=O. The molecule has 0 heterocycles. The number of ketones is 1. The van der Waals surface area contributed by atoms with Gasteiger partial charge in [0.15, 0.2) is 0 Å². The zero-order valence-corrected chi connectivity index (χ0v) is 10.3. The summed E-state index contributed by atoms with van der Waals surface area (Å²) in [4.78, 5) is 16.2. The largest absolute Gasteiger partial charge is 0.308 e. The van der Waals surface area contributed by atoms with Crippen LogP contribution in [-0.4, -0.2) is 55.9 Å². The van der Waals surface area contributed by atoms with E-state index in [1.807, 2.05) is 0 Å². The molecule has 1 saturated carbocycles. The fourth-order valence-corrected chi connectivity index (χ4v) is 2.12. The van der Waals surface area contributed by atoms with E-state index in [2.05, 4.69) is 30.9 Å². The Morgan fingerprint density at radius 2 is 1.87 bits per heavy atom. The fourth-order valence-electron chi connectivity index (χ4n) is 2.12. The van der Waals surface area contributed by atoms with Crippen molar-refractivity contribution in [1.82, 2.24) is 9.80 Å². The van der Waals surface area contributed by atoms with Gasteiger partial charge in [0.05, 0.1) is 6.04 Å². The van der Waals surface area contributed by atoms with Crippen molar-refractivity contribution in [3.8, 4) is 0 Å². The lowest BCUT2D eigenvalue weighted by molar-refractivity contribution is -0.123. The van der Waals surface area contributed by atoms with Gasteiger partial charge in [0.25, 0.3) is 0 Å². The summed E-state index contributed by atoms with van der Waals surface area (Å²) in [5, 5.41) is 0. The van der Waals surface area contributed by atoms with Crippen molar-refractivity contribution in [3.63, 3.8) is 0 Å². The van der Waals surface area contributed by atoms with Gasteiger partial charge in [-0.1, -0.05) is 12.8 Å². The Morgan fingerprint density at radius 3 is 2.53 bits per heavy atom. The number of carbonyl (C=O) groups excluding carboxylic acids is 1. The highest BCUT2D eigenvalue weighted by molar-refractivity contribution is 5.84. The van der Waals surface area contributed by atoms with Gasteiger partial charge in [0.2, 0.25) is 0 Å². The maximum Gasteiger partial charge on any atom is 0.149 e. The molecule has 0 aliphatic heterocycles. The minimum absolute atomic E-state index is 0.187. The number of nitrogens with zero attached hydrogens (tertiary/aromatic N) is 2. The quantitative estimate of drug-likeness (QED) is 0.658. The Morgan fingerprint density at radius 1 is 1.13 bits per heavy atom. The molecule has 0 N–H and O–H groups in total. The Bertz CT molecular complexity index is 204. The third kappa shape index (κ3) is 4.31. The second-order valence-corrected chi connectivity index (χ2v) is 4.87. The number of Topliss-reactive ketones (excluding diaryl/α,β-unsaturated/α-hetero) is 1. The fraction of sp³-hybridized carbons (Fsp3) is 0.917. The van der Waals surface area contributed by atoms with Crippen LogP contribution < -0.4 is 0 Å². The van der Waals surface area contributed by atoms with Gasteiger partial charge >= 0.3 is 0 Å². The third-order valence-corrected chi connectivity index (χ3v) is 3.20. The molecular weight excluding hydrogens is 188 g/mol. The molecule has 1 aliphatic carbocycles. The maximum atomic E-state index is 11.8. The van der Waals surface area contributed by atoms with Crippen LogP contribution in [0.3, 0.4) is 0 Å². The predicted molar refractivity (Wildman–Crippen MR) is 63.1 cm³/mol. The Kier molecular flexibility index (Phi) is 5.26. The maximum absolute atomic E-state index is 11.8. The summed E-state index contributed by atoms with van der Waals surface area (Å²) in [5.74, 6) is 0.453. The van der Waals surface area contributed by atoms with E-state index in [1.54, 1.807) is 0 Å². The number of hydrogen-bond donors (Lipinski definition) is 0. The molecule has 15 heavy (non-hydrogen) atoms. The van der Waals surface area contributed by atoms with Crippen molar-refractivity contribution < 1.29 is 4.79 Å². The molecule has 0 spiro atoms. The molecule has 0 amide bonds. The molecule has 3 heteroatoms. The highest BCUT2D eigenvalue weighted by atomic mass is 16.1. The zero-order valence-electron chi connectivity index (χ0n) is 10.3. The van der Waals surface area contributed by atoms with E-state index in [0.717, 1.165) is 32.4 Å². The summed E-state index contributed by atoms with van der Waals surface area (Å²) >= 11 is 0. The smallest absolute Gasteiger partial charge is 0.149 e. The number of rotatable bonds is 4. The van der Waals surface area contributed by atoms with Crippen molar-refractivity contribution in [2.45, 2.75) is 38.1 Å². The second-order valence-electron chi connectivity index (χ2n) is 4.87. The van der Waals surface area contributed by atoms with Gasteiger partial charge in [-0.2, -0.15) is 0 Å². The van der Waals surface area contributed by atoms with Crippen LogP contribution >= 0.6 is 0 Å². The topological polar surface area (TPSA) is 23.6 Å². The molecular formula is C12H24N2O. The molecule has 0 saturated heterocycles. The van der Waals surface area contributed by atoms with Crippen LogP contribution in [0.4, 0.5) is 0 Å². The lowest BCUT2D eigenvalue weighted by Crippen LogP contribution is -2.41. The van der Waals surface area contributed by atoms with Gasteiger partial charge in [0, 0.05) is 19.5 Å². The molecule has 1 aliphatic rings. The van der Waals surface area contributed by atoms with Gasteiger partial charge in [-0.3, -0.25) is 9.69 Å². The van der Waals surface area contributed by atoms with E-state index in [0.29, 0.717) is 5.78 Å². The van der Waals surface area contributed by atoms with E-state index < -0.39 is 0 Å². The standard InChI is InChI=1S/C12H24N2O/c1-13(2)9-10-14(3)11-7-5-4-6-8-12(11)15/h11H,4-10H2,1-3H3. The van der Waals surface area contributed by atoms with E-state index in [9.17, 15) is 4.79 Å². The van der Waals surface area contributed by atoms with Gasteiger partial charge in [-0.25, -0.2) is 0 Å². The molecule has 1 atom stereocenters. The van der Waals surface area contributed by atoms with E-state index in [1.165, 1.54) is 12.8 Å². The highest BCUT2D eigenvalue weighted by Gasteiger charge is 2.24. The normalized spacial score (nSPS) is 23.5. The van der Waals surface area contributed by atoms with Crippen LogP contribution in [0, 0.1) is 0 Å². The summed E-state index contributed by atoms with van der Waals surface area (Å²) in [6, 6.07) is 0.187. The van der Waals surface area contributed by atoms with Crippen LogP contribution in [0.1, 0.15) is 32.1 Å². The number of likely N-dealkylation sites (N-methyl/N-ethyl adjacent to an activating group) is 2. The van der Waals surface area contributed by atoms with Gasteiger partial charge in [-0.05, 0) is 34.0 Å². The lowest BCUT2D eigenvalue weighted by Gasteiger charge is -2.26. The molecule has 0 radical (unpaired) electrons. The Hall–Kier alpha value is -0.410. The molecule has 1 fully saturated rings. The van der Waals surface area contributed by atoms with E-state index >= 15 is 0 Å². The summed E-state index contributed by atoms with van der Waals surface area (Å²) in [5.41, 5.74) is 0. The Balaban J connectivity index is 2.41. The van der Waals surface area contributed by atoms with Crippen LogP contribution in [0.15, 0.2) is 0 Å². The van der Waals surface area contributed by atoms with Crippen LogP contribution in [-0.2, 0) is 4.79 Å². The molecule has 1 rings (SSSR count). The minimum atomic E-state index is 0.187. The molecule has 0 bridgehead atoms. The molecule has 0 aromatic heterocycles. The average molecular weight is 212 g/mol. The van der Waals surface area contributed by atoms with Crippen molar-refractivity contribution in [2.24, 2.45) is 0 Å². The van der Waals surface area contributed by atoms with E-state index in [4.69, 9.17) is 0 Å². The summed E-state index contributed by atoms with van der Waals surface area (Å²) in [6.07, 6.45) is 5.38. The zero-order chi connectivity index (χ0) is 11.3. The monoisotopic (exact) mass is 212 g/mol. The van der Waals surface area contributed by atoms with Gasteiger partial charge in [0.1, 0.15) is 5.78 Å².